The Morgan fingerprint density at radius 3 is 2.77 bits per heavy atom. The summed E-state index contributed by atoms with van der Waals surface area (Å²) in [4.78, 5) is 22.6. The van der Waals surface area contributed by atoms with Gasteiger partial charge in [0.25, 0.3) is 0 Å². The number of furan rings is 1. The van der Waals surface area contributed by atoms with E-state index < -0.39 is 5.60 Å². The molecule has 1 amide bonds. The first-order valence-corrected chi connectivity index (χ1v) is 10.3. The lowest BCUT2D eigenvalue weighted by atomic mass is 9.94. The van der Waals surface area contributed by atoms with E-state index in [9.17, 15) is 4.79 Å². The zero-order valence-corrected chi connectivity index (χ0v) is 18.0. The predicted octanol–water partition coefficient (Wildman–Crippen LogP) is 3.36. The maximum Gasteiger partial charge on any atom is 0.410 e. The van der Waals surface area contributed by atoms with Crippen LogP contribution >= 0.6 is 0 Å². The van der Waals surface area contributed by atoms with Crippen LogP contribution in [-0.2, 0) is 4.74 Å². The Hall–Kier alpha value is -3.54. The number of nitrogens with zero attached hydrogens (tertiary/aromatic N) is 5. The SMILES string of the molecule is CC(C)(C)OC(=O)N1CCC(CC#Cc2cn3nc(-c4ccco4)nc3c(N)n2)CC1. The van der Waals surface area contributed by atoms with Crippen LogP contribution in [-0.4, -0.2) is 49.3 Å². The van der Waals surface area contributed by atoms with E-state index in [1.807, 2.05) is 20.8 Å². The fourth-order valence-corrected chi connectivity index (χ4v) is 3.41. The van der Waals surface area contributed by atoms with Gasteiger partial charge in [-0.1, -0.05) is 5.92 Å². The molecular formula is C22H26N6O3. The lowest BCUT2D eigenvalue weighted by molar-refractivity contribution is 0.0185. The number of hydrogen-bond acceptors (Lipinski definition) is 7. The zero-order chi connectivity index (χ0) is 22.0. The van der Waals surface area contributed by atoms with E-state index in [1.165, 1.54) is 0 Å². The lowest BCUT2D eigenvalue weighted by Gasteiger charge is -2.32. The molecule has 3 aromatic rings. The molecule has 1 saturated heterocycles. The lowest BCUT2D eigenvalue weighted by Crippen LogP contribution is -2.41. The summed E-state index contributed by atoms with van der Waals surface area (Å²) in [6.45, 7) is 7.01. The van der Waals surface area contributed by atoms with Gasteiger partial charge in [0.1, 0.15) is 11.3 Å². The first-order chi connectivity index (χ1) is 14.8. The van der Waals surface area contributed by atoms with Crippen molar-refractivity contribution in [3.8, 4) is 23.4 Å². The molecule has 0 unspecified atom stereocenters. The van der Waals surface area contributed by atoms with Gasteiger partial charge in [0.15, 0.2) is 17.2 Å². The van der Waals surface area contributed by atoms with E-state index in [4.69, 9.17) is 14.9 Å². The third-order valence-corrected chi connectivity index (χ3v) is 4.96. The second kappa shape index (κ2) is 8.30. The van der Waals surface area contributed by atoms with Crippen molar-refractivity contribution in [2.45, 2.75) is 45.6 Å². The minimum atomic E-state index is -0.474. The van der Waals surface area contributed by atoms with Crippen LogP contribution in [0.1, 0.15) is 45.7 Å². The number of rotatable bonds is 2. The highest BCUT2D eigenvalue weighted by atomic mass is 16.6. The summed E-state index contributed by atoms with van der Waals surface area (Å²) < 4.78 is 12.4. The Balaban J connectivity index is 1.37. The van der Waals surface area contributed by atoms with Crippen molar-refractivity contribution < 1.29 is 13.9 Å². The summed E-state index contributed by atoms with van der Waals surface area (Å²) in [5, 5.41) is 4.40. The second-order valence-corrected chi connectivity index (χ2v) is 8.61. The van der Waals surface area contributed by atoms with Crippen molar-refractivity contribution in [2.75, 3.05) is 18.8 Å². The summed E-state index contributed by atoms with van der Waals surface area (Å²) in [5.74, 6) is 7.98. The third-order valence-electron chi connectivity index (χ3n) is 4.96. The number of amides is 1. The van der Waals surface area contributed by atoms with E-state index >= 15 is 0 Å². The minimum Gasteiger partial charge on any atom is -0.461 e. The van der Waals surface area contributed by atoms with E-state index in [2.05, 4.69) is 26.9 Å². The molecule has 1 aliphatic heterocycles. The maximum atomic E-state index is 12.2. The highest BCUT2D eigenvalue weighted by Gasteiger charge is 2.26. The van der Waals surface area contributed by atoms with E-state index in [-0.39, 0.29) is 11.9 Å². The normalized spacial score (nSPS) is 15.0. The number of hydrogen-bond donors (Lipinski definition) is 1. The van der Waals surface area contributed by atoms with Crippen LogP contribution in [0.2, 0.25) is 0 Å². The molecule has 2 N–H and O–H groups in total. The molecular weight excluding hydrogens is 396 g/mol. The number of anilines is 1. The number of carbonyl (C=O) groups excluding carboxylic acids is 1. The summed E-state index contributed by atoms with van der Waals surface area (Å²) in [6.07, 6.45) is 5.57. The van der Waals surface area contributed by atoms with Crippen LogP contribution in [0.4, 0.5) is 10.6 Å². The Morgan fingerprint density at radius 1 is 1.32 bits per heavy atom. The number of likely N-dealkylation sites (tertiary alicyclic amines) is 1. The fourth-order valence-electron chi connectivity index (χ4n) is 3.41. The van der Waals surface area contributed by atoms with Crippen molar-refractivity contribution in [1.29, 1.82) is 0 Å². The predicted molar refractivity (Wildman–Crippen MR) is 115 cm³/mol. The van der Waals surface area contributed by atoms with Crippen LogP contribution in [0.25, 0.3) is 17.2 Å². The number of ether oxygens (including phenoxy) is 1. The van der Waals surface area contributed by atoms with Crippen LogP contribution in [0.3, 0.4) is 0 Å². The Bertz CT molecular complexity index is 1130. The van der Waals surface area contributed by atoms with Gasteiger partial charge in [-0.3, -0.25) is 0 Å². The number of fused-ring (bicyclic) bond motifs is 1. The first kappa shape index (κ1) is 20.7. The number of piperidine rings is 1. The smallest absolute Gasteiger partial charge is 0.410 e. The van der Waals surface area contributed by atoms with Crippen LogP contribution < -0.4 is 5.73 Å². The quantitative estimate of drug-likeness (QED) is 0.630. The van der Waals surface area contributed by atoms with Crippen LogP contribution in [0, 0.1) is 17.8 Å². The summed E-state index contributed by atoms with van der Waals surface area (Å²) in [7, 11) is 0. The van der Waals surface area contributed by atoms with Crippen molar-refractivity contribution in [3.63, 3.8) is 0 Å². The topological polar surface area (TPSA) is 112 Å². The summed E-state index contributed by atoms with van der Waals surface area (Å²) >= 11 is 0. The van der Waals surface area contributed by atoms with E-state index in [1.54, 1.807) is 34.0 Å². The molecule has 0 aliphatic carbocycles. The molecule has 4 heterocycles. The second-order valence-electron chi connectivity index (χ2n) is 8.61. The van der Waals surface area contributed by atoms with Crippen molar-refractivity contribution in [2.24, 2.45) is 5.92 Å². The molecule has 4 rings (SSSR count). The number of nitrogens with two attached hydrogens (primary N) is 1. The van der Waals surface area contributed by atoms with Gasteiger partial charge in [-0.2, -0.15) is 0 Å². The Morgan fingerprint density at radius 2 is 2.10 bits per heavy atom. The molecule has 0 aromatic carbocycles. The Kier molecular flexibility index (Phi) is 5.55. The molecule has 1 aliphatic rings. The third kappa shape index (κ3) is 4.97. The molecule has 1 fully saturated rings. The average Bonchev–Trinajstić information content (AvgIpc) is 3.37. The standard InChI is InChI=1S/C22H26N6O3/c1-22(2,3)31-21(29)27-11-9-15(10-12-27)6-4-7-16-14-28-20(18(23)24-16)25-19(26-28)17-8-5-13-30-17/h5,8,13-15H,6,9-12H2,1-3H3,(H2,23,24). The minimum absolute atomic E-state index is 0.244. The van der Waals surface area contributed by atoms with Gasteiger partial charge in [0.05, 0.1) is 12.5 Å². The molecule has 9 nitrogen and oxygen atoms in total. The first-order valence-electron chi connectivity index (χ1n) is 10.3. The van der Waals surface area contributed by atoms with Crippen LogP contribution in [0.5, 0.6) is 0 Å². The molecule has 162 valence electrons. The van der Waals surface area contributed by atoms with Crippen LogP contribution in [0.15, 0.2) is 29.0 Å². The van der Waals surface area contributed by atoms with Gasteiger partial charge in [-0.05, 0) is 57.6 Å². The van der Waals surface area contributed by atoms with Crippen molar-refractivity contribution >= 4 is 17.6 Å². The number of carbonyl (C=O) groups is 1. The van der Waals surface area contributed by atoms with Gasteiger partial charge >= 0.3 is 6.09 Å². The number of nitrogen functional groups attached to an aromatic ring is 1. The molecule has 31 heavy (non-hydrogen) atoms. The highest BCUT2D eigenvalue weighted by molar-refractivity contribution is 5.68. The highest BCUT2D eigenvalue weighted by Crippen LogP contribution is 2.22. The average molecular weight is 422 g/mol. The van der Waals surface area contributed by atoms with Gasteiger partial charge in [-0.15, -0.1) is 5.10 Å². The monoisotopic (exact) mass is 422 g/mol. The largest absolute Gasteiger partial charge is 0.461 e. The maximum absolute atomic E-state index is 12.2. The van der Waals surface area contributed by atoms with Gasteiger partial charge < -0.3 is 19.8 Å². The van der Waals surface area contributed by atoms with Crippen molar-refractivity contribution in [3.05, 3.63) is 30.3 Å². The molecule has 0 bridgehead atoms. The van der Waals surface area contributed by atoms with Gasteiger partial charge in [0, 0.05) is 19.5 Å². The molecule has 0 radical (unpaired) electrons. The van der Waals surface area contributed by atoms with Gasteiger partial charge in [-0.25, -0.2) is 19.3 Å². The Labute approximate surface area is 180 Å². The molecule has 0 saturated carbocycles. The number of aromatic nitrogens is 4. The van der Waals surface area contributed by atoms with E-state index in [0.717, 1.165) is 19.3 Å². The van der Waals surface area contributed by atoms with Crippen molar-refractivity contribution in [1.82, 2.24) is 24.5 Å². The summed E-state index contributed by atoms with van der Waals surface area (Å²) in [6, 6.07) is 3.56. The van der Waals surface area contributed by atoms with E-state index in [0.29, 0.717) is 41.9 Å². The summed E-state index contributed by atoms with van der Waals surface area (Å²) in [5.41, 5.74) is 6.57. The molecule has 9 heteroatoms. The molecule has 3 aromatic heterocycles. The fraction of sp³-hybridized carbons (Fsp3) is 0.455. The molecule has 0 atom stereocenters. The molecule has 0 spiro atoms. The zero-order valence-electron chi connectivity index (χ0n) is 18.0. The van der Waals surface area contributed by atoms with Gasteiger partial charge in [0.2, 0.25) is 5.82 Å².